The smallest absolute Gasteiger partial charge is 0.263 e. The van der Waals surface area contributed by atoms with E-state index in [1.165, 1.54) is 5.56 Å². The number of ether oxygens (including phenoxy) is 1. The maximum absolute atomic E-state index is 12.7. The summed E-state index contributed by atoms with van der Waals surface area (Å²) in [6.07, 6.45) is -0.482. The number of hydrogen-bond acceptors (Lipinski definition) is 6. The van der Waals surface area contributed by atoms with E-state index in [2.05, 4.69) is 27.1 Å². The van der Waals surface area contributed by atoms with Crippen molar-refractivity contribution < 1.29 is 9.53 Å². The number of carbonyl (C=O) groups is 1. The van der Waals surface area contributed by atoms with Gasteiger partial charge in [-0.05, 0) is 30.5 Å². The van der Waals surface area contributed by atoms with Crippen LogP contribution in [0.5, 0.6) is 5.75 Å². The van der Waals surface area contributed by atoms with Gasteiger partial charge in [-0.25, -0.2) is 4.98 Å². The lowest BCUT2D eigenvalue weighted by atomic mass is 10.2. The molecule has 0 spiro atoms. The van der Waals surface area contributed by atoms with E-state index >= 15 is 0 Å². The van der Waals surface area contributed by atoms with Gasteiger partial charge in [0.05, 0.1) is 5.69 Å². The summed E-state index contributed by atoms with van der Waals surface area (Å²) in [4.78, 5) is 21.6. The Hall–Kier alpha value is -2.38. The quantitative estimate of drug-likeness (QED) is 0.651. The molecular weight excluding hydrogens is 378 g/mol. The van der Waals surface area contributed by atoms with Crippen molar-refractivity contribution in [3.8, 4) is 17.0 Å². The Morgan fingerprint density at radius 3 is 2.59 bits per heavy atom. The number of amides is 1. The molecule has 1 aromatic carbocycles. The molecule has 1 atom stereocenters. The van der Waals surface area contributed by atoms with E-state index in [0.29, 0.717) is 13.1 Å². The van der Waals surface area contributed by atoms with Crippen LogP contribution >= 0.6 is 22.7 Å². The van der Waals surface area contributed by atoms with Crippen molar-refractivity contribution in [2.45, 2.75) is 13.0 Å². The van der Waals surface area contributed by atoms with Gasteiger partial charge in [0.2, 0.25) is 0 Å². The molecule has 2 aromatic heterocycles. The highest BCUT2D eigenvalue weighted by molar-refractivity contribution is 7.14. The van der Waals surface area contributed by atoms with E-state index in [0.717, 1.165) is 29.7 Å². The van der Waals surface area contributed by atoms with Gasteiger partial charge in [0, 0.05) is 42.5 Å². The van der Waals surface area contributed by atoms with Gasteiger partial charge in [-0.1, -0.05) is 18.2 Å². The van der Waals surface area contributed by atoms with E-state index < -0.39 is 6.10 Å². The second-order valence-electron chi connectivity index (χ2n) is 6.41. The number of thiophene rings is 1. The normalized spacial score (nSPS) is 15.6. The van der Waals surface area contributed by atoms with Crippen molar-refractivity contribution in [1.82, 2.24) is 9.88 Å². The molecule has 3 aromatic rings. The van der Waals surface area contributed by atoms with E-state index in [1.54, 1.807) is 22.7 Å². The SMILES string of the molecule is CC(Oc1ccccc1)C(=O)N1CCN(c2nc(-c3ccsc3)cs2)CC1. The molecule has 5 nitrogen and oxygen atoms in total. The molecule has 4 rings (SSSR count). The predicted molar refractivity (Wildman–Crippen MR) is 111 cm³/mol. The van der Waals surface area contributed by atoms with Crippen molar-refractivity contribution >= 4 is 33.7 Å². The van der Waals surface area contributed by atoms with Crippen molar-refractivity contribution in [1.29, 1.82) is 0 Å². The van der Waals surface area contributed by atoms with E-state index in [-0.39, 0.29) is 5.91 Å². The first-order valence-electron chi connectivity index (χ1n) is 8.94. The van der Waals surface area contributed by atoms with Gasteiger partial charge in [0.15, 0.2) is 11.2 Å². The number of hydrogen-bond donors (Lipinski definition) is 0. The van der Waals surface area contributed by atoms with Crippen LogP contribution in [0.4, 0.5) is 5.13 Å². The fourth-order valence-corrected chi connectivity index (χ4v) is 4.62. The molecule has 140 valence electrons. The number of aromatic nitrogens is 1. The van der Waals surface area contributed by atoms with Gasteiger partial charge in [0.25, 0.3) is 5.91 Å². The van der Waals surface area contributed by atoms with Crippen LogP contribution in [0.2, 0.25) is 0 Å². The fraction of sp³-hybridized carbons (Fsp3) is 0.300. The summed E-state index contributed by atoms with van der Waals surface area (Å²) in [6, 6.07) is 11.6. The first-order valence-corrected chi connectivity index (χ1v) is 10.8. The molecule has 3 heterocycles. The maximum atomic E-state index is 12.7. The topological polar surface area (TPSA) is 45.7 Å². The first kappa shape index (κ1) is 18.0. The highest BCUT2D eigenvalue weighted by atomic mass is 32.1. The minimum atomic E-state index is -0.482. The molecule has 1 fully saturated rings. The number of piperazine rings is 1. The number of anilines is 1. The Labute approximate surface area is 166 Å². The van der Waals surface area contributed by atoms with Crippen LogP contribution in [0.1, 0.15) is 6.92 Å². The van der Waals surface area contributed by atoms with Crippen molar-refractivity contribution in [2.75, 3.05) is 31.1 Å². The number of rotatable bonds is 5. The van der Waals surface area contributed by atoms with Gasteiger partial charge in [-0.3, -0.25) is 4.79 Å². The van der Waals surface area contributed by atoms with Crippen LogP contribution in [-0.2, 0) is 4.79 Å². The average Bonchev–Trinajstić information content (AvgIpc) is 3.40. The van der Waals surface area contributed by atoms with Gasteiger partial charge in [-0.15, -0.1) is 11.3 Å². The number of carbonyl (C=O) groups excluding carboxylic acids is 1. The second-order valence-corrected chi connectivity index (χ2v) is 8.03. The number of benzene rings is 1. The summed E-state index contributed by atoms with van der Waals surface area (Å²) in [5.41, 5.74) is 2.20. The van der Waals surface area contributed by atoms with Crippen molar-refractivity contribution in [3.05, 3.63) is 52.5 Å². The zero-order chi connectivity index (χ0) is 18.6. The standard InChI is InChI=1S/C20H21N3O2S2/c1-15(25-17-5-3-2-4-6-17)19(24)22-8-10-23(11-9-22)20-21-18(14-27-20)16-7-12-26-13-16/h2-7,12-15H,8-11H2,1H3. The molecule has 0 aliphatic carbocycles. The number of thiazole rings is 1. The molecule has 1 unspecified atom stereocenters. The lowest BCUT2D eigenvalue weighted by molar-refractivity contribution is -0.138. The highest BCUT2D eigenvalue weighted by Crippen LogP contribution is 2.29. The molecule has 0 bridgehead atoms. The summed E-state index contributed by atoms with van der Waals surface area (Å²) >= 11 is 3.34. The minimum Gasteiger partial charge on any atom is -0.481 e. The van der Waals surface area contributed by atoms with Gasteiger partial charge in [0.1, 0.15) is 5.75 Å². The summed E-state index contributed by atoms with van der Waals surface area (Å²) in [7, 11) is 0. The molecule has 1 aliphatic rings. The first-order chi connectivity index (χ1) is 13.2. The summed E-state index contributed by atoms with van der Waals surface area (Å²) in [6.45, 7) is 4.78. The molecule has 1 saturated heterocycles. The fourth-order valence-electron chi connectivity index (χ4n) is 3.08. The maximum Gasteiger partial charge on any atom is 0.263 e. The summed E-state index contributed by atoms with van der Waals surface area (Å²) in [5, 5.41) is 7.31. The van der Waals surface area contributed by atoms with Crippen LogP contribution < -0.4 is 9.64 Å². The number of para-hydroxylation sites is 1. The Morgan fingerprint density at radius 2 is 1.89 bits per heavy atom. The van der Waals surface area contributed by atoms with E-state index in [9.17, 15) is 4.79 Å². The Morgan fingerprint density at radius 1 is 1.11 bits per heavy atom. The number of nitrogens with zero attached hydrogens (tertiary/aromatic N) is 3. The lowest BCUT2D eigenvalue weighted by Gasteiger charge is -2.35. The molecule has 7 heteroatoms. The van der Waals surface area contributed by atoms with Crippen LogP contribution in [0.3, 0.4) is 0 Å². The van der Waals surface area contributed by atoms with Crippen LogP contribution in [0.25, 0.3) is 11.3 Å². The molecule has 0 N–H and O–H groups in total. The summed E-state index contributed by atoms with van der Waals surface area (Å²) < 4.78 is 5.77. The monoisotopic (exact) mass is 399 g/mol. The van der Waals surface area contributed by atoms with Gasteiger partial charge < -0.3 is 14.5 Å². The minimum absolute atomic E-state index is 0.0385. The van der Waals surface area contributed by atoms with Crippen molar-refractivity contribution in [3.63, 3.8) is 0 Å². The average molecular weight is 400 g/mol. The second kappa shape index (κ2) is 8.10. The Bertz CT molecular complexity index is 872. The predicted octanol–water partition coefficient (Wildman–Crippen LogP) is 3.99. The van der Waals surface area contributed by atoms with Crippen molar-refractivity contribution in [2.24, 2.45) is 0 Å². The third-order valence-corrected chi connectivity index (χ3v) is 6.16. The Balaban J connectivity index is 1.32. The lowest BCUT2D eigenvalue weighted by Crippen LogP contribution is -2.52. The molecule has 0 radical (unpaired) electrons. The van der Waals surface area contributed by atoms with E-state index in [1.807, 2.05) is 42.2 Å². The van der Waals surface area contributed by atoms with Crippen LogP contribution in [0, 0.1) is 0 Å². The molecule has 0 saturated carbocycles. The summed E-state index contributed by atoms with van der Waals surface area (Å²) in [5.74, 6) is 0.761. The van der Waals surface area contributed by atoms with Gasteiger partial charge in [-0.2, -0.15) is 11.3 Å². The zero-order valence-corrected chi connectivity index (χ0v) is 16.7. The van der Waals surface area contributed by atoms with E-state index in [4.69, 9.17) is 9.72 Å². The largest absolute Gasteiger partial charge is 0.481 e. The third kappa shape index (κ3) is 4.14. The zero-order valence-electron chi connectivity index (χ0n) is 15.1. The van der Waals surface area contributed by atoms with Crippen LogP contribution in [-0.4, -0.2) is 48.1 Å². The Kier molecular flexibility index (Phi) is 5.40. The molecule has 27 heavy (non-hydrogen) atoms. The molecule has 1 aliphatic heterocycles. The van der Waals surface area contributed by atoms with Crippen LogP contribution in [0.15, 0.2) is 52.5 Å². The third-order valence-electron chi connectivity index (χ3n) is 4.57. The van der Waals surface area contributed by atoms with Gasteiger partial charge >= 0.3 is 0 Å². The highest BCUT2D eigenvalue weighted by Gasteiger charge is 2.27. The molecule has 1 amide bonds. The molecular formula is C20H21N3O2S2.